The molecule has 0 bridgehead atoms. The Kier molecular flexibility index (Phi) is 4.89. The number of halogens is 1. The molecule has 1 aromatic rings. The van der Waals surface area contributed by atoms with E-state index in [-0.39, 0.29) is 28.6 Å². The highest BCUT2D eigenvalue weighted by Gasteiger charge is 2.30. The van der Waals surface area contributed by atoms with Gasteiger partial charge in [-0.15, -0.1) is 10.2 Å². The largest absolute Gasteiger partial charge is 0.466 e. The van der Waals surface area contributed by atoms with Crippen molar-refractivity contribution in [3.63, 3.8) is 0 Å². The number of rotatable bonds is 3. The minimum atomic E-state index is -0.257. The Morgan fingerprint density at radius 1 is 1.45 bits per heavy atom. The molecule has 108 valence electrons. The van der Waals surface area contributed by atoms with Gasteiger partial charge in [0, 0.05) is 13.1 Å². The summed E-state index contributed by atoms with van der Waals surface area (Å²) in [5, 5.41) is 7.67. The van der Waals surface area contributed by atoms with Crippen LogP contribution in [0.25, 0.3) is 0 Å². The molecule has 0 saturated carbocycles. The fourth-order valence-electron chi connectivity index (χ4n) is 2.21. The number of hydrogen-bond donors (Lipinski definition) is 0. The molecule has 1 atom stereocenters. The van der Waals surface area contributed by atoms with Crippen molar-refractivity contribution < 1.29 is 14.3 Å². The molecule has 1 saturated heterocycles. The Hall–Kier alpha value is -1.69. The second-order valence-corrected chi connectivity index (χ2v) is 4.97. The Morgan fingerprint density at radius 2 is 2.25 bits per heavy atom. The summed E-state index contributed by atoms with van der Waals surface area (Å²) in [6, 6.07) is 3.06. The fraction of sp³-hybridized carbons (Fsp3) is 0.538. The Bertz CT molecular complexity index is 492. The van der Waals surface area contributed by atoms with Crippen molar-refractivity contribution >= 4 is 23.5 Å². The van der Waals surface area contributed by atoms with Gasteiger partial charge in [0.25, 0.3) is 5.91 Å². The van der Waals surface area contributed by atoms with E-state index in [1.54, 1.807) is 11.8 Å². The average Bonchev–Trinajstić information content (AvgIpc) is 2.48. The first-order chi connectivity index (χ1) is 9.61. The summed E-state index contributed by atoms with van der Waals surface area (Å²) in [6.07, 6.45) is 1.52. The highest BCUT2D eigenvalue weighted by Crippen LogP contribution is 2.19. The normalized spacial score (nSPS) is 18.7. The number of piperidine rings is 1. The third kappa shape index (κ3) is 3.45. The molecule has 0 N–H and O–H groups in total. The van der Waals surface area contributed by atoms with Crippen molar-refractivity contribution in [2.45, 2.75) is 19.8 Å². The van der Waals surface area contributed by atoms with Gasteiger partial charge >= 0.3 is 5.97 Å². The molecule has 1 aliphatic rings. The number of ether oxygens (including phenoxy) is 1. The van der Waals surface area contributed by atoms with Crippen LogP contribution in [0.2, 0.25) is 5.15 Å². The van der Waals surface area contributed by atoms with Crippen molar-refractivity contribution in [3.05, 3.63) is 23.0 Å². The van der Waals surface area contributed by atoms with Gasteiger partial charge in [-0.25, -0.2) is 0 Å². The van der Waals surface area contributed by atoms with Gasteiger partial charge in [0.1, 0.15) is 0 Å². The molecule has 1 aliphatic heterocycles. The van der Waals surface area contributed by atoms with Crippen molar-refractivity contribution in [1.29, 1.82) is 0 Å². The summed E-state index contributed by atoms with van der Waals surface area (Å²) in [7, 11) is 0. The summed E-state index contributed by atoms with van der Waals surface area (Å²) >= 11 is 5.64. The molecule has 1 fully saturated rings. The highest BCUT2D eigenvalue weighted by atomic mass is 35.5. The lowest BCUT2D eigenvalue weighted by molar-refractivity contribution is -0.149. The maximum Gasteiger partial charge on any atom is 0.310 e. The van der Waals surface area contributed by atoms with Crippen LogP contribution in [0.4, 0.5) is 0 Å². The van der Waals surface area contributed by atoms with Crippen molar-refractivity contribution in [2.24, 2.45) is 5.92 Å². The van der Waals surface area contributed by atoms with E-state index < -0.39 is 0 Å². The van der Waals surface area contributed by atoms with Gasteiger partial charge in [-0.1, -0.05) is 11.6 Å². The lowest BCUT2D eigenvalue weighted by Crippen LogP contribution is -2.43. The lowest BCUT2D eigenvalue weighted by Gasteiger charge is -2.31. The second kappa shape index (κ2) is 6.65. The van der Waals surface area contributed by atoms with E-state index in [1.165, 1.54) is 12.1 Å². The number of amides is 1. The summed E-state index contributed by atoms with van der Waals surface area (Å²) in [5.74, 6) is -0.733. The Balaban J connectivity index is 2.03. The third-order valence-corrected chi connectivity index (χ3v) is 3.38. The van der Waals surface area contributed by atoms with Gasteiger partial charge < -0.3 is 9.64 Å². The SMILES string of the molecule is CCOC(=O)[C@@H]1CCCN(C(=O)c2ccc(Cl)nn2)C1. The van der Waals surface area contributed by atoms with Crippen LogP contribution < -0.4 is 0 Å². The molecule has 2 heterocycles. The quantitative estimate of drug-likeness (QED) is 0.791. The van der Waals surface area contributed by atoms with Gasteiger partial charge in [0.2, 0.25) is 0 Å². The summed E-state index contributed by atoms with van der Waals surface area (Å²) in [4.78, 5) is 25.6. The van der Waals surface area contributed by atoms with E-state index in [2.05, 4.69) is 10.2 Å². The number of likely N-dealkylation sites (tertiary alicyclic amines) is 1. The third-order valence-electron chi connectivity index (χ3n) is 3.18. The zero-order valence-electron chi connectivity index (χ0n) is 11.2. The molecule has 0 aromatic carbocycles. The van der Waals surface area contributed by atoms with Crippen LogP contribution in [0, 0.1) is 5.92 Å². The van der Waals surface area contributed by atoms with E-state index in [0.29, 0.717) is 19.7 Å². The minimum absolute atomic E-state index is 0.233. The van der Waals surface area contributed by atoms with Gasteiger partial charge in [-0.3, -0.25) is 9.59 Å². The highest BCUT2D eigenvalue weighted by molar-refractivity contribution is 6.29. The average molecular weight is 298 g/mol. The Morgan fingerprint density at radius 3 is 2.90 bits per heavy atom. The zero-order valence-corrected chi connectivity index (χ0v) is 12.0. The fourth-order valence-corrected chi connectivity index (χ4v) is 2.31. The molecule has 1 aromatic heterocycles. The molecule has 0 unspecified atom stereocenters. The van der Waals surface area contributed by atoms with Crippen LogP contribution in [0.15, 0.2) is 12.1 Å². The molecule has 7 heteroatoms. The lowest BCUT2D eigenvalue weighted by atomic mass is 9.98. The summed E-state index contributed by atoms with van der Waals surface area (Å²) in [5.41, 5.74) is 0.235. The predicted molar refractivity (Wildman–Crippen MR) is 72.3 cm³/mol. The monoisotopic (exact) mass is 297 g/mol. The first-order valence-corrected chi connectivity index (χ1v) is 6.94. The first kappa shape index (κ1) is 14.7. The summed E-state index contributed by atoms with van der Waals surface area (Å²) in [6.45, 7) is 3.10. The maximum absolute atomic E-state index is 12.3. The number of nitrogens with zero attached hydrogens (tertiary/aromatic N) is 3. The van der Waals surface area contributed by atoms with Crippen molar-refractivity contribution in [3.8, 4) is 0 Å². The number of carbonyl (C=O) groups is 2. The standard InChI is InChI=1S/C13H16ClN3O3/c1-2-20-13(19)9-4-3-7-17(8-9)12(18)10-5-6-11(14)16-15-10/h5-6,9H,2-4,7-8H2,1H3/t9-/m1/s1. The Labute approximate surface area is 122 Å². The zero-order chi connectivity index (χ0) is 14.5. The van der Waals surface area contributed by atoms with Crippen LogP contribution in [0.1, 0.15) is 30.3 Å². The van der Waals surface area contributed by atoms with E-state index in [1.807, 2.05) is 0 Å². The molecular formula is C13H16ClN3O3. The van der Waals surface area contributed by atoms with Crippen molar-refractivity contribution in [1.82, 2.24) is 15.1 Å². The maximum atomic E-state index is 12.3. The van der Waals surface area contributed by atoms with E-state index in [0.717, 1.165) is 12.8 Å². The predicted octanol–water partition coefficient (Wildman–Crippen LogP) is 1.55. The van der Waals surface area contributed by atoms with Gasteiger partial charge in [-0.05, 0) is 31.9 Å². The van der Waals surface area contributed by atoms with Gasteiger partial charge in [0.15, 0.2) is 10.8 Å². The topological polar surface area (TPSA) is 72.4 Å². The van der Waals surface area contributed by atoms with Crippen molar-refractivity contribution in [2.75, 3.05) is 19.7 Å². The number of carbonyl (C=O) groups excluding carboxylic acids is 2. The molecular weight excluding hydrogens is 282 g/mol. The second-order valence-electron chi connectivity index (χ2n) is 4.58. The molecule has 0 aliphatic carbocycles. The number of esters is 1. The molecule has 0 spiro atoms. The van der Waals surface area contributed by atoms with E-state index >= 15 is 0 Å². The van der Waals surface area contributed by atoms with Crippen LogP contribution in [0.5, 0.6) is 0 Å². The van der Waals surface area contributed by atoms with Crippen LogP contribution in [-0.4, -0.2) is 46.7 Å². The van der Waals surface area contributed by atoms with E-state index in [4.69, 9.17) is 16.3 Å². The molecule has 6 nitrogen and oxygen atoms in total. The van der Waals surface area contributed by atoms with Crippen LogP contribution in [-0.2, 0) is 9.53 Å². The van der Waals surface area contributed by atoms with Crippen LogP contribution >= 0.6 is 11.6 Å². The number of hydrogen-bond acceptors (Lipinski definition) is 5. The van der Waals surface area contributed by atoms with E-state index in [9.17, 15) is 9.59 Å². The summed E-state index contributed by atoms with van der Waals surface area (Å²) < 4.78 is 5.01. The van der Waals surface area contributed by atoms with Gasteiger partial charge in [0.05, 0.1) is 12.5 Å². The van der Waals surface area contributed by atoms with Gasteiger partial charge in [-0.2, -0.15) is 0 Å². The first-order valence-electron chi connectivity index (χ1n) is 6.57. The molecule has 0 radical (unpaired) electrons. The minimum Gasteiger partial charge on any atom is -0.466 e. The molecule has 20 heavy (non-hydrogen) atoms. The smallest absolute Gasteiger partial charge is 0.310 e. The number of aromatic nitrogens is 2. The molecule has 2 rings (SSSR count). The molecule has 1 amide bonds. The van der Waals surface area contributed by atoms with Crippen LogP contribution in [0.3, 0.4) is 0 Å².